The second-order valence-corrected chi connectivity index (χ2v) is 7.50. The number of aliphatic carboxylic acids is 1. The third-order valence-electron chi connectivity index (χ3n) is 3.78. The largest absolute Gasteiger partial charge is 0.697 e. The van der Waals surface area contributed by atoms with Gasteiger partial charge < -0.3 is 25.1 Å². The highest BCUT2D eigenvalue weighted by Gasteiger charge is 2.28. The first-order chi connectivity index (χ1) is 13.8. The summed E-state index contributed by atoms with van der Waals surface area (Å²) in [6, 6.07) is -1.20. The molecule has 0 aromatic heterocycles. The standard InChI is InChI=1S/C18H32NO9P/c1-3-5-7-9-16(20)25-11-14(28-17(21)10-8-6-4-2)12-26-29(24)27-13-15(19)18(22)23/h14-15H,3-13,19H2,1-2H3/p+1/t14-,15+/m1/s1. The fourth-order valence-electron chi connectivity index (χ4n) is 2.06. The van der Waals surface area contributed by atoms with Gasteiger partial charge in [0.05, 0.1) is 0 Å². The van der Waals surface area contributed by atoms with E-state index < -0.39 is 44.9 Å². The molecule has 0 aliphatic heterocycles. The van der Waals surface area contributed by atoms with E-state index in [1.807, 2.05) is 13.8 Å². The number of carbonyl (C=O) groups is 3. The van der Waals surface area contributed by atoms with Crippen LogP contribution in [0.1, 0.15) is 65.2 Å². The third kappa shape index (κ3) is 15.9. The van der Waals surface area contributed by atoms with Crippen LogP contribution in [-0.4, -0.2) is 49.9 Å². The van der Waals surface area contributed by atoms with E-state index in [1.54, 1.807) is 0 Å². The normalized spacial score (nSPS) is 13.4. The number of esters is 2. The van der Waals surface area contributed by atoms with Crippen LogP contribution in [0.15, 0.2) is 0 Å². The molecule has 0 radical (unpaired) electrons. The molecule has 0 aliphatic rings. The Morgan fingerprint density at radius 1 is 0.897 bits per heavy atom. The molecule has 0 aromatic carbocycles. The van der Waals surface area contributed by atoms with Crippen molar-refractivity contribution < 1.29 is 48.3 Å². The molecule has 0 aromatic rings. The van der Waals surface area contributed by atoms with Gasteiger partial charge in [0.25, 0.3) is 0 Å². The summed E-state index contributed by atoms with van der Waals surface area (Å²) >= 11 is 0. The van der Waals surface area contributed by atoms with Crippen LogP contribution >= 0.6 is 8.25 Å². The molecular formula is C18H33NO9P+. The zero-order valence-electron chi connectivity index (χ0n) is 17.3. The lowest BCUT2D eigenvalue weighted by Gasteiger charge is -2.15. The number of rotatable bonds is 18. The van der Waals surface area contributed by atoms with Crippen LogP contribution in [0.2, 0.25) is 0 Å². The predicted molar refractivity (Wildman–Crippen MR) is 100 cm³/mol. The van der Waals surface area contributed by atoms with Gasteiger partial charge in [-0.15, -0.1) is 9.05 Å². The van der Waals surface area contributed by atoms with Gasteiger partial charge in [-0.25, -0.2) is 0 Å². The fraction of sp³-hybridized carbons (Fsp3) is 0.833. The zero-order chi connectivity index (χ0) is 22.1. The van der Waals surface area contributed by atoms with Crippen molar-refractivity contribution in [3.8, 4) is 0 Å². The monoisotopic (exact) mass is 438 g/mol. The number of hydrogen-bond acceptors (Lipinski definition) is 9. The summed E-state index contributed by atoms with van der Waals surface area (Å²) < 4.78 is 31.8. The molecular weight excluding hydrogens is 405 g/mol. The van der Waals surface area contributed by atoms with E-state index >= 15 is 0 Å². The van der Waals surface area contributed by atoms with Gasteiger partial charge in [-0.3, -0.25) is 9.59 Å². The molecule has 29 heavy (non-hydrogen) atoms. The number of quaternary nitrogens is 1. The van der Waals surface area contributed by atoms with Crippen molar-refractivity contribution in [1.82, 2.24) is 0 Å². The van der Waals surface area contributed by atoms with Crippen molar-refractivity contribution in [3.63, 3.8) is 0 Å². The van der Waals surface area contributed by atoms with Crippen LogP contribution in [0.25, 0.3) is 0 Å². The fourth-order valence-corrected chi connectivity index (χ4v) is 2.72. The number of carboxylic acid groups (broad SMARTS) is 1. The second kappa shape index (κ2) is 17.3. The van der Waals surface area contributed by atoms with Crippen molar-refractivity contribution in [2.24, 2.45) is 0 Å². The van der Waals surface area contributed by atoms with Crippen LogP contribution in [-0.2, 0) is 37.5 Å². The zero-order valence-corrected chi connectivity index (χ0v) is 18.2. The lowest BCUT2D eigenvalue weighted by molar-refractivity contribution is -0.440. The van der Waals surface area contributed by atoms with E-state index in [2.05, 4.69) is 5.73 Å². The molecule has 168 valence electrons. The lowest BCUT2D eigenvalue weighted by atomic mass is 10.2. The van der Waals surface area contributed by atoms with Crippen molar-refractivity contribution in [2.75, 3.05) is 19.8 Å². The average Bonchev–Trinajstić information content (AvgIpc) is 2.68. The molecule has 0 aliphatic carbocycles. The highest BCUT2D eigenvalue weighted by molar-refractivity contribution is 7.33. The van der Waals surface area contributed by atoms with Crippen LogP contribution in [0.4, 0.5) is 0 Å². The first-order valence-electron chi connectivity index (χ1n) is 9.92. The molecule has 11 heteroatoms. The van der Waals surface area contributed by atoms with E-state index in [0.717, 1.165) is 25.7 Å². The maximum absolute atomic E-state index is 11.9. The van der Waals surface area contributed by atoms with Gasteiger partial charge in [-0.05, 0) is 12.8 Å². The minimum Gasteiger partial charge on any atom is -0.544 e. The van der Waals surface area contributed by atoms with Crippen molar-refractivity contribution in [3.05, 3.63) is 0 Å². The smallest absolute Gasteiger partial charge is 0.544 e. The van der Waals surface area contributed by atoms with Gasteiger partial charge in [0.15, 0.2) is 18.8 Å². The summed E-state index contributed by atoms with van der Waals surface area (Å²) in [6.45, 7) is 3.01. The van der Waals surface area contributed by atoms with Crippen LogP contribution < -0.4 is 10.8 Å². The Bertz CT molecular complexity index is 516. The minimum atomic E-state index is -2.66. The molecule has 0 bridgehead atoms. The van der Waals surface area contributed by atoms with Gasteiger partial charge in [0, 0.05) is 17.4 Å². The summed E-state index contributed by atoms with van der Waals surface area (Å²) in [5, 5.41) is 10.6. The molecule has 3 N–H and O–H groups in total. The molecule has 0 saturated carbocycles. The molecule has 1 unspecified atom stereocenters. The highest BCUT2D eigenvalue weighted by atomic mass is 31.1. The molecule has 0 fully saturated rings. The molecule has 0 heterocycles. The number of carbonyl (C=O) groups excluding carboxylic acids is 3. The predicted octanol–water partition coefficient (Wildman–Crippen LogP) is 0.653. The van der Waals surface area contributed by atoms with Gasteiger partial charge in [0.2, 0.25) is 0 Å². The Morgan fingerprint density at radius 3 is 2.00 bits per heavy atom. The first kappa shape index (κ1) is 27.4. The SMILES string of the molecule is CCCCCC(=O)OC[C@H](CO[P+](=O)OC[C@H]([NH3+])C(=O)[O-])OC(=O)CCCCC. The molecule has 0 spiro atoms. The highest BCUT2D eigenvalue weighted by Crippen LogP contribution is 2.24. The summed E-state index contributed by atoms with van der Waals surface area (Å²) in [4.78, 5) is 34.2. The average molecular weight is 438 g/mol. The van der Waals surface area contributed by atoms with Crippen molar-refractivity contribution in [2.45, 2.75) is 77.4 Å². The summed E-state index contributed by atoms with van der Waals surface area (Å²) in [6.07, 6.45) is 4.62. The molecule has 0 amide bonds. The van der Waals surface area contributed by atoms with Crippen LogP contribution in [0.5, 0.6) is 0 Å². The van der Waals surface area contributed by atoms with E-state index in [9.17, 15) is 24.1 Å². The number of carboxylic acids is 1. The molecule has 0 rings (SSSR count). The van der Waals surface area contributed by atoms with Crippen LogP contribution in [0.3, 0.4) is 0 Å². The second-order valence-electron chi connectivity index (χ2n) is 6.54. The Morgan fingerprint density at radius 2 is 1.45 bits per heavy atom. The Hall–Kier alpha value is -1.61. The Balaban J connectivity index is 4.49. The first-order valence-corrected chi connectivity index (χ1v) is 11.0. The number of unbranched alkanes of at least 4 members (excludes halogenated alkanes) is 4. The Labute approximate surface area is 172 Å². The maximum atomic E-state index is 11.9. The quantitative estimate of drug-likeness (QED) is 0.184. The topological polar surface area (TPSA) is 156 Å². The van der Waals surface area contributed by atoms with Crippen LogP contribution in [0, 0.1) is 0 Å². The summed E-state index contributed by atoms with van der Waals surface area (Å²) in [5.41, 5.74) is 3.26. The molecule has 0 saturated heterocycles. The van der Waals surface area contributed by atoms with E-state index in [1.165, 1.54) is 0 Å². The Kier molecular flexibility index (Phi) is 16.3. The van der Waals surface area contributed by atoms with Gasteiger partial charge >= 0.3 is 20.2 Å². The van der Waals surface area contributed by atoms with Crippen molar-refractivity contribution in [1.29, 1.82) is 0 Å². The van der Waals surface area contributed by atoms with Gasteiger partial charge in [-0.1, -0.05) is 39.5 Å². The van der Waals surface area contributed by atoms with E-state index in [0.29, 0.717) is 12.8 Å². The third-order valence-corrected chi connectivity index (χ3v) is 4.50. The number of ether oxygens (including phenoxy) is 2. The van der Waals surface area contributed by atoms with Crippen molar-refractivity contribution >= 4 is 26.2 Å². The minimum absolute atomic E-state index is 0.215. The van der Waals surface area contributed by atoms with E-state index in [-0.39, 0.29) is 26.1 Å². The number of hydrogen-bond donors (Lipinski definition) is 1. The lowest BCUT2D eigenvalue weighted by Crippen LogP contribution is -2.70. The molecule has 10 nitrogen and oxygen atoms in total. The van der Waals surface area contributed by atoms with Gasteiger partial charge in [-0.2, -0.15) is 0 Å². The van der Waals surface area contributed by atoms with E-state index in [4.69, 9.17) is 18.5 Å². The summed E-state index contributed by atoms with van der Waals surface area (Å²) in [7, 11) is -2.66. The maximum Gasteiger partial charge on any atom is 0.697 e. The molecule has 3 atom stereocenters. The van der Waals surface area contributed by atoms with Gasteiger partial charge in [0.1, 0.15) is 19.2 Å². The summed E-state index contributed by atoms with van der Waals surface area (Å²) in [5.74, 6) is -2.33.